The van der Waals surface area contributed by atoms with Gasteiger partial charge in [-0.25, -0.2) is 0 Å². The van der Waals surface area contributed by atoms with E-state index in [4.69, 9.17) is 0 Å². The van der Waals surface area contributed by atoms with Crippen LogP contribution in [0, 0.1) is 10.1 Å². The van der Waals surface area contributed by atoms with Gasteiger partial charge in [0.05, 0.1) is 10.4 Å². The van der Waals surface area contributed by atoms with Gasteiger partial charge < -0.3 is 5.32 Å². The first-order valence-corrected chi connectivity index (χ1v) is 8.54. The minimum absolute atomic E-state index is 0.107. The van der Waals surface area contributed by atoms with Gasteiger partial charge in [0, 0.05) is 23.2 Å². The number of aromatic nitrogens is 1. The van der Waals surface area contributed by atoms with Gasteiger partial charge in [-0.1, -0.05) is 18.2 Å². The summed E-state index contributed by atoms with van der Waals surface area (Å²) < 4.78 is 4.13. The smallest absolute Gasteiger partial charge is 0.270 e. The third kappa shape index (κ3) is 4.18. The molecule has 0 aliphatic heterocycles. The molecule has 0 aliphatic carbocycles. The highest BCUT2D eigenvalue weighted by atomic mass is 32.1. The molecule has 10 heteroatoms. The van der Waals surface area contributed by atoms with E-state index >= 15 is 0 Å². The first kappa shape index (κ1) is 18.3. The molecular weight excluding hydrogens is 370 g/mol. The Morgan fingerprint density at radius 1 is 1.22 bits per heavy atom. The number of nitro groups is 1. The highest BCUT2D eigenvalue weighted by Gasteiger charge is 2.23. The van der Waals surface area contributed by atoms with Gasteiger partial charge in [-0.05, 0) is 36.7 Å². The van der Waals surface area contributed by atoms with E-state index in [1.165, 1.54) is 25.1 Å². The van der Waals surface area contributed by atoms with Gasteiger partial charge in [-0.3, -0.25) is 19.7 Å². The van der Waals surface area contributed by atoms with Gasteiger partial charge in [0.2, 0.25) is 6.04 Å². The number of hydrogen-bond donors (Lipinski definition) is 1. The van der Waals surface area contributed by atoms with Crippen molar-refractivity contribution in [1.29, 1.82) is 0 Å². The maximum atomic E-state index is 12.3. The molecule has 1 amide bonds. The number of hydrogen-bond acceptors (Lipinski definition) is 8. The monoisotopic (exact) mass is 383 g/mol. The van der Waals surface area contributed by atoms with Crippen molar-refractivity contribution < 1.29 is 14.5 Å². The Kier molecular flexibility index (Phi) is 5.27. The molecule has 0 radical (unpaired) electrons. The van der Waals surface area contributed by atoms with Crippen molar-refractivity contribution in [3.8, 4) is 0 Å². The molecule has 0 aliphatic rings. The SMILES string of the molecule is CC(=O)C(N=Nc1snc2ccc([N+](=O)[O-])cc12)C(=O)Nc1ccccc1. The van der Waals surface area contributed by atoms with Crippen molar-refractivity contribution in [3.05, 3.63) is 58.6 Å². The predicted octanol–water partition coefficient (Wildman–Crippen LogP) is 3.88. The number of nitrogens with zero attached hydrogens (tertiary/aromatic N) is 4. The van der Waals surface area contributed by atoms with E-state index in [0.717, 1.165) is 11.5 Å². The van der Waals surface area contributed by atoms with Crippen LogP contribution in [0.2, 0.25) is 0 Å². The summed E-state index contributed by atoms with van der Waals surface area (Å²) in [4.78, 5) is 34.6. The zero-order valence-electron chi connectivity index (χ0n) is 14.0. The lowest BCUT2D eigenvalue weighted by Gasteiger charge is -2.08. The standard InChI is InChI=1S/C17H13N5O4S/c1-10(23)15(16(24)18-11-5-3-2-4-6-11)19-20-17-13-9-12(22(25)26)7-8-14(13)21-27-17/h2-9,15H,1H3,(H,18,24). The Hall–Kier alpha value is -3.53. The summed E-state index contributed by atoms with van der Waals surface area (Å²) in [6, 6.07) is 11.5. The molecule has 1 aromatic heterocycles. The minimum atomic E-state index is -1.33. The average Bonchev–Trinajstić information content (AvgIpc) is 3.04. The molecule has 0 fully saturated rings. The topological polar surface area (TPSA) is 127 Å². The fourth-order valence-electron chi connectivity index (χ4n) is 2.26. The van der Waals surface area contributed by atoms with Crippen molar-refractivity contribution >= 4 is 50.5 Å². The lowest BCUT2D eigenvalue weighted by molar-refractivity contribution is -0.384. The molecule has 1 heterocycles. The van der Waals surface area contributed by atoms with Crippen LogP contribution in [0.15, 0.2) is 58.8 Å². The molecule has 1 atom stereocenters. The third-order valence-electron chi connectivity index (χ3n) is 3.59. The van der Waals surface area contributed by atoms with E-state index in [0.29, 0.717) is 16.6 Å². The molecule has 1 unspecified atom stereocenters. The number of para-hydroxylation sites is 1. The Balaban J connectivity index is 1.86. The fourth-order valence-corrected chi connectivity index (χ4v) is 2.95. The molecule has 3 aromatic rings. The molecule has 0 saturated carbocycles. The Morgan fingerprint density at radius 3 is 2.63 bits per heavy atom. The number of benzene rings is 2. The number of azo groups is 1. The quantitative estimate of drug-likeness (QED) is 0.299. The fraction of sp³-hybridized carbons (Fsp3) is 0.118. The molecule has 1 N–H and O–H groups in total. The number of amides is 1. The van der Waals surface area contributed by atoms with Crippen LogP contribution in [0.5, 0.6) is 0 Å². The molecule has 136 valence electrons. The molecule has 9 nitrogen and oxygen atoms in total. The van der Waals surface area contributed by atoms with Crippen LogP contribution in [0.4, 0.5) is 16.4 Å². The maximum absolute atomic E-state index is 12.3. The van der Waals surface area contributed by atoms with E-state index < -0.39 is 22.7 Å². The summed E-state index contributed by atoms with van der Waals surface area (Å²) in [7, 11) is 0. The Bertz CT molecular complexity index is 1050. The van der Waals surface area contributed by atoms with Gasteiger partial charge in [0.15, 0.2) is 10.8 Å². The first-order chi connectivity index (χ1) is 13.0. The van der Waals surface area contributed by atoms with Crippen molar-refractivity contribution in [2.45, 2.75) is 13.0 Å². The van der Waals surface area contributed by atoms with Crippen molar-refractivity contribution in [3.63, 3.8) is 0 Å². The molecule has 27 heavy (non-hydrogen) atoms. The van der Waals surface area contributed by atoms with Gasteiger partial charge in [-0.15, -0.1) is 5.11 Å². The van der Waals surface area contributed by atoms with E-state index in [2.05, 4.69) is 19.9 Å². The number of carbonyl (C=O) groups is 2. The lowest BCUT2D eigenvalue weighted by Crippen LogP contribution is -2.31. The highest BCUT2D eigenvalue weighted by Crippen LogP contribution is 2.33. The normalized spacial score (nSPS) is 12.2. The number of anilines is 1. The number of ketones is 1. The summed E-state index contributed by atoms with van der Waals surface area (Å²) in [6.45, 7) is 1.24. The first-order valence-electron chi connectivity index (χ1n) is 7.77. The number of nitrogens with one attached hydrogen (secondary N) is 1. The largest absolute Gasteiger partial charge is 0.324 e. The summed E-state index contributed by atoms with van der Waals surface area (Å²) in [6.07, 6.45) is 0. The molecular formula is C17H13N5O4S. The molecule has 0 saturated heterocycles. The van der Waals surface area contributed by atoms with Crippen LogP contribution in [0.3, 0.4) is 0 Å². The van der Waals surface area contributed by atoms with Crippen LogP contribution in [-0.4, -0.2) is 27.0 Å². The van der Waals surface area contributed by atoms with Crippen LogP contribution in [0.25, 0.3) is 10.9 Å². The second kappa shape index (κ2) is 7.79. The predicted molar refractivity (Wildman–Crippen MR) is 100 cm³/mol. The van der Waals surface area contributed by atoms with E-state index in [1.54, 1.807) is 30.3 Å². The number of carbonyl (C=O) groups excluding carboxylic acids is 2. The summed E-state index contributed by atoms with van der Waals surface area (Å²) >= 11 is 0.977. The number of nitro benzene ring substituents is 1. The van der Waals surface area contributed by atoms with Crippen LogP contribution in [-0.2, 0) is 9.59 Å². The summed E-state index contributed by atoms with van der Waals surface area (Å²) in [5.41, 5.74) is 0.944. The summed E-state index contributed by atoms with van der Waals surface area (Å²) in [5.74, 6) is -1.09. The van der Waals surface area contributed by atoms with Crippen molar-refractivity contribution in [1.82, 2.24) is 4.37 Å². The Labute approximate surface area is 157 Å². The van der Waals surface area contributed by atoms with Gasteiger partial charge >= 0.3 is 0 Å². The number of fused-ring (bicyclic) bond motifs is 1. The maximum Gasteiger partial charge on any atom is 0.270 e. The zero-order chi connectivity index (χ0) is 19.4. The van der Waals surface area contributed by atoms with Crippen LogP contribution in [0.1, 0.15) is 6.92 Å². The molecule has 0 bridgehead atoms. The Morgan fingerprint density at radius 2 is 1.96 bits per heavy atom. The zero-order valence-corrected chi connectivity index (χ0v) is 14.8. The van der Waals surface area contributed by atoms with Gasteiger partial charge in [0.25, 0.3) is 11.6 Å². The second-order valence-electron chi connectivity index (χ2n) is 5.53. The van der Waals surface area contributed by atoms with Gasteiger partial charge in [-0.2, -0.15) is 9.49 Å². The van der Waals surface area contributed by atoms with Crippen LogP contribution < -0.4 is 5.32 Å². The second-order valence-corrected chi connectivity index (χ2v) is 6.28. The third-order valence-corrected chi connectivity index (χ3v) is 4.35. The molecule has 3 rings (SSSR count). The van der Waals surface area contributed by atoms with Gasteiger partial charge in [0.1, 0.15) is 0 Å². The summed E-state index contributed by atoms with van der Waals surface area (Å²) in [5, 5.41) is 22.1. The highest BCUT2D eigenvalue weighted by molar-refractivity contribution is 7.11. The average molecular weight is 383 g/mol. The lowest BCUT2D eigenvalue weighted by atomic mass is 10.2. The number of Topliss-reactive ketones (excluding diaryl/α,β-unsaturated/α-hetero) is 1. The van der Waals surface area contributed by atoms with E-state index in [9.17, 15) is 19.7 Å². The van der Waals surface area contributed by atoms with Crippen molar-refractivity contribution in [2.75, 3.05) is 5.32 Å². The number of rotatable bonds is 6. The van der Waals surface area contributed by atoms with Crippen LogP contribution >= 0.6 is 11.5 Å². The minimum Gasteiger partial charge on any atom is -0.324 e. The van der Waals surface area contributed by atoms with E-state index in [1.807, 2.05) is 0 Å². The van der Waals surface area contributed by atoms with Crippen molar-refractivity contribution in [2.24, 2.45) is 10.2 Å². The number of non-ortho nitro benzene ring substituents is 1. The molecule has 2 aromatic carbocycles. The molecule has 0 spiro atoms. The van der Waals surface area contributed by atoms with E-state index in [-0.39, 0.29) is 10.7 Å².